The lowest BCUT2D eigenvalue weighted by atomic mass is 9.66. The number of hydrogen-bond acceptors (Lipinski definition) is 7. The van der Waals surface area contributed by atoms with Gasteiger partial charge in [-0.3, -0.25) is 0 Å². The third kappa shape index (κ3) is 4.39. The molecule has 4 aromatic rings. The van der Waals surface area contributed by atoms with Gasteiger partial charge in [0.25, 0.3) is 0 Å². The van der Waals surface area contributed by atoms with Crippen molar-refractivity contribution >= 4 is 27.9 Å². The van der Waals surface area contributed by atoms with Crippen molar-refractivity contribution in [1.29, 1.82) is 0 Å². The molecule has 0 bridgehead atoms. The van der Waals surface area contributed by atoms with Gasteiger partial charge >= 0.3 is 0 Å². The molecule has 0 radical (unpaired) electrons. The fraction of sp³-hybridized carbons (Fsp3) is 0.581. The Kier molecular flexibility index (Phi) is 6.36. The highest BCUT2D eigenvalue weighted by Crippen LogP contribution is 2.44. The number of nitrogen functional groups attached to an aromatic ring is 1. The fourth-order valence-electron chi connectivity index (χ4n) is 7.52. The average Bonchev–Trinajstić information content (AvgIpc) is 3.58. The smallest absolute Gasteiger partial charge is 0.145 e. The first-order valence-corrected chi connectivity index (χ1v) is 14.9. The summed E-state index contributed by atoms with van der Waals surface area (Å²) < 4.78 is 1.95. The summed E-state index contributed by atoms with van der Waals surface area (Å²) in [6.45, 7) is 3.15. The number of nitrogens with zero attached hydrogens (tertiary/aromatic N) is 5. The fourth-order valence-corrected chi connectivity index (χ4v) is 7.52. The van der Waals surface area contributed by atoms with E-state index >= 15 is 0 Å². The van der Waals surface area contributed by atoms with E-state index in [4.69, 9.17) is 10.7 Å². The third-order valence-corrected chi connectivity index (χ3v) is 10.5. The second kappa shape index (κ2) is 9.82. The van der Waals surface area contributed by atoms with Gasteiger partial charge in [0.1, 0.15) is 29.7 Å². The highest BCUT2D eigenvalue weighted by atomic mass is 16.3. The summed E-state index contributed by atoms with van der Waals surface area (Å²) in [6.07, 6.45) is 10.8. The molecule has 0 amide bonds. The second-order valence-corrected chi connectivity index (χ2v) is 13.1. The molecule has 0 spiro atoms. The second-order valence-electron chi connectivity index (χ2n) is 13.1. The number of imidazole rings is 1. The van der Waals surface area contributed by atoms with E-state index in [2.05, 4.69) is 52.0 Å². The molecule has 3 aliphatic carbocycles. The Morgan fingerprint density at radius 2 is 1.95 bits per heavy atom. The van der Waals surface area contributed by atoms with E-state index in [1.165, 1.54) is 44.0 Å². The van der Waals surface area contributed by atoms with Gasteiger partial charge < -0.3 is 30.4 Å². The zero-order chi connectivity index (χ0) is 27.6. The SMILES string of the molecule is CN(C[C@H]1C[C@@H](n2ccc3c(N)ncnc32)[C@H](O)[C@@H]1O)[C@H]1C[C@H](CCc2nc3cc(C4(C)CCC4)ccc3[nH]2)C1. The standard InChI is InChI=1S/C31H41N7O2/c1-31(9-3-10-31)20-5-6-23-24(15-20)36-26(35-23)7-4-18-12-21(13-18)37(2)16-19-14-25(28(40)27(19)39)38-11-8-22-29(32)33-17-34-30(22)38/h5-6,8,11,15,17-19,21,25,27-28,39-40H,3-4,7,9-10,12-14,16H2,1-2H3,(H,35,36)(H2,32,33,34)/t18-,19-,21-,25-,27-,28+/m1/s1. The van der Waals surface area contributed by atoms with Crippen molar-refractivity contribution in [1.82, 2.24) is 29.4 Å². The zero-order valence-electron chi connectivity index (χ0n) is 23.5. The number of aromatic nitrogens is 5. The van der Waals surface area contributed by atoms with Gasteiger partial charge in [-0.15, -0.1) is 0 Å². The zero-order valence-corrected chi connectivity index (χ0v) is 23.5. The van der Waals surface area contributed by atoms with E-state index < -0.39 is 12.2 Å². The van der Waals surface area contributed by atoms with Gasteiger partial charge in [-0.1, -0.05) is 19.4 Å². The molecule has 3 saturated carbocycles. The van der Waals surface area contributed by atoms with Crippen molar-refractivity contribution in [3.05, 3.63) is 48.2 Å². The van der Waals surface area contributed by atoms with Crippen LogP contribution in [0, 0.1) is 11.8 Å². The quantitative estimate of drug-likeness (QED) is 0.265. The van der Waals surface area contributed by atoms with Crippen molar-refractivity contribution in [2.24, 2.45) is 11.8 Å². The van der Waals surface area contributed by atoms with Crippen LogP contribution in [0.25, 0.3) is 22.1 Å². The van der Waals surface area contributed by atoms with Crippen LogP contribution in [0.2, 0.25) is 0 Å². The maximum Gasteiger partial charge on any atom is 0.145 e. The van der Waals surface area contributed by atoms with Crippen LogP contribution in [0.15, 0.2) is 36.8 Å². The predicted molar refractivity (Wildman–Crippen MR) is 156 cm³/mol. The molecule has 40 heavy (non-hydrogen) atoms. The number of fused-ring (bicyclic) bond motifs is 2. The van der Waals surface area contributed by atoms with Crippen LogP contribution in [-0.2, 0) is 11.8 Å². The number of nitrogens with two attached hydrogens (primary N) is 1. The lowest BCUT2D eigenvalue weighted by molar-refractivity contribution is -0.00658. The van der Waals surface area contributed by atoms with Crippen LogP contribution in [0.3, 0.4) is 0 Å². The van der Waals surface area contributed by atoms with E-state index in [1.54, 1.807) is 0 Å². The van der Waals surface area contributed by atoms with E-state index in [0.717, 1.165) is 41.6 Å². The minimum Gasteiger partial charge on any atom is -0.390 e. The van der Waals surface area contributed by atoms with Crippen LogP contribution >= 0.6 is 0 Å². The van der Waals surface area contributed by atoms with Crippen LogP contribution in [-0.4, -0.2) is 71.5 Å². The normalized spacial score (nSPS) is 29.7. The molecule has 3 heterocycles. The number of aliphatic hydroxyl groups is 2. The molecular formula is C31H41N7O2. The summed E-state index contributed by atoms with van der Waals surface area (Å²) in [5.74, 6) is 2.23. The number of benzene rings is 1. The van der Waals surface area contributed by atoms with Crippen molar-refractivity contribution in [3.8, 4) is 0 Å². The van der Waals surface area contributed by atoms with Crippen molar-refractivity contribution in [3.63, 3.8) is 0 Å². The molecule has 0 unspecified atom stereocenters. The first-order valence-electron chi connectivity index (χ1n) is 14.9. The lowest BCUT2D eigenvalue weighted by Gasteiger charge is -2.42. The summed E-state index contributed by atoms with van der Waals surface area (Å²) in [5, 5.41) is 22.6. The van der Waals surface area contributed by atoms with Crippen molar-refractivity contribution in [2.45, 2.75) is 88.0 Å². The molecular weight excluding hydrogens is 502 g/mol. The largest absolute Gasteiger partial charge is 0.390 e. The number of rotatable bonds is 8. The van der Waals surface area contributed by atoms with Crippen LogP contribution < -0.4 is 5.73 Å². The third-order valence-electron chi connectivity index (χ3n) is 10.5. The molecule has 5 N–H and O–H groups in total. The Bertz CT molecular complexity index is 1520. The van der Waals surface area contributed by atoms with E-state index in [0.29, 0.717) is 35.3 Å². The van der Waals surface area contributed by atoms with E-state index in [9.17, 15) is 10.2 Å². The number of H-pyrrole nitrogens is 1. The highest BCUT2D eigenvalue weighted by molar-refractivity contribution is 5.86. The summed E-state index contributed by atoms with van der Waals surface area (Å²) in [5.41, 5.74) is 10.7. The van der Waals surface area contributed by atoms with Crippen LogP contribution in [0.1, 0.15) is 69.3 Å². The van der Waals surface area contributed by atoms with Gasteiger partial charge in [0.05, 0.1) is 28.6 Å². The highest BCUT2D eigenvalue weighted by Gasteiger charge is 2.44. The van der Waals surface area contributed by atoms with E-state index in [-0.39, 0.29) is 12.0 Å². The number of aromatic amines is 1. The maximum atomic E-state index is 10.9. The van der Waals surface area contributed by atoms with Gasteiger partial charge in [0.2, 0.25) is 0 Å². The molecule has 9 nitrogen and oxygen atoms in total. The molecule has 3 fully saturated rings. The number of hydrogen-bond donors (Lipinski definition) is 4. The Hall–Kier alpha value is -3.01. The Balaban J connectivity index is 0.917. The monoisotopic (exact) mass is 543 g/mol. The Labute approximate surface area is 234 Å². The van der Waals surface area contributed by atoms with E-state index in [1.807, 2.05) is 16.8 Å². The van der Waals surface area contributed by atoms with Gasteiger partial charge in [0.15, 0.2) is 0 Å². The lowest BCUT2D eigenvalue weighted by Crippen LogP contribution is -2.46. The summed E-state index contributed by atoms with van der Waals surface area (Å²) in [7, 11) is 2.16. The molecule has 9 heteroatoms. The molecule has 4 atom stereocenters. The number of anilines is 1. The number of nitrogens with one attached hydrogen (secondary N) is 1. The Morgan fingerprint density at radius 3 is 2.73 bits per heavy atom. The van der Waals surface area contributed by atoms with Gasteiger partial charge in [-0.05, 0) is 80.7 Å². The number of aliphatic hydroxyl groups excluding tert-OH is 2. The minimum atomic E-state index is -0.837. The topological polar surface area (TPSA) is 129 Å². The molecule has 212 valence electrons. The Morgan fingerprint density at radius 1 is 1.12 bits per heavy atom. The minimum absolute atomic E-state index is 0.00307. The first-order chi connectivity index (χ1) is 19.3. The molecule has 7 rings (SSSR count). The van der Waals surface area contributed by atoms with Gasteiger partial charge in [-0.25, -0.2) is 15.0 Å². The van der Waals surface area contributed by atoms with Gasteiger partial charge in [-0.2, -0.15) is 0 Å². The van der Waals surface area contributed by atoms with Crippen LogP contribution in [0.4, 0.5) is 5.82 Å². The molecule has 3 aromatic heterocycles. The van der Waals surface area contributed by atoms with Gasteiger partial charge in [0, 0.05) is 31.1 Å². The molecule has 0 aliphatic heterocycles. The first kappa shape index (κ1) is 25.9. The predicted octanol–water partition coefficient (Wildman–Crippen LogP) is 3.96. The van der Waals surface area contributed by atoms with Crippen molar-refractivity contribution in [2.75, 3.05) is 19.3 Å². The number of aryl methyl sites for hydroxylation is 1. The van der Waals surface area contributed by atoms with Crippen molar-refractivity contribution < 1.29 is 10.2 Å². The average molecular weight is 544 g/mol. The molecule has 3 aliphatic rings. The summed E-state index contributed by atoms with van der Waals surface area (Å²) in [4.78, 5) is 19.3. The summed E-state index contributed by atoms with van der Waals surface area (Å²) in [6, 6.07) is 8.96. The maximum absolute atomic E-state index is 10.9. The summed E-state index contributed by atoms with van der Waals surface area (Å²) >= 11 is 0. The molecule has 0 saturated heterocycles. The van der Waals surface area contributed by atoms with Crippen LogP contribution in [0.5, 0.6) is 0 Å². The molecule has 1 aromatic carbocycles.